The number of benzene rings is 2. The Balaban J connectivity index is 1.94. The zero-order chi connectivity index (χ0) is 13.8. The molecule has 19 heavy (non-hydrogen) atoms. The molecule has 0 spiro atoms. The molecule has 0 heterocycles. The van der Waals surface area contributed by atoms with E-state index in [0.717, 1.165) is 18.7 Å². The first-order chi connectivity index (χ1) is 9.06. The monoisotopic (exact) mass is 369 g/mol. The highest BCUT2D eigenvalue weighted by molar-refractivity contribution is 14.1. The largest absolute Gasteiger partial charge is 0.309 e. The number of hydrogen-bond acceptors (Lipinski definition) is 1. The summed E-state index contributed by atoms with van der Waals surface area (Å²) in [5.74, 6) is -0.0959. The van der Waals surface area contributed by atoms with Crippen molar-refractivity contribution in [3.05, 3.63) is 68.0 Å². The van der Waals surface area contributed by atoms with Crippen molar-refractivity contribution in [2.24, 2.45) is 0 Å². The average Bonchev–Trinajstić information content (AvgIpc) is 2.38. The van der Waals surface area contributed by atoms with Gasteiger partial charge in [-0.1, -0.05) is 24.3 Å². The summed E-state index contributed by atoms with van der Waals surface area (Å²) in [5.41, 5.74) is 3.81. The number of rotatable bonds is 4. The molecule has 1 N–H and O–H groups in total. The van der Waals surface area contributed by atoms with Crippen molar-refractivity contribution in [3.63, 3.8) is 0 Å². The second-order valence-corrected chi connectivity index (χ2v) is 6.02. The van der Waals surface area contributed by atoms with Crippen molar-refractivity contribution in [3.8, 4) is 0 Å². The Labute approximate surface area is 127 Å². The van der Waals surface area contributed by atoms with Crippen molar-refractivity contribution in [1.29, 1.82) is 0 Å². The molecule has 3 heteroatoms. The lowest BCUT2D eigenvalue weighted by Gasteiger charge is -2.08. The van der Waals surface area contributed by atoms with Crippen molar-refractivity contribution in [2.45, 2.75) is 26.9 Å². The first-order valence-corrected chi connectivity index (χ1v) is 7.35. The molecule has 100 valence electrons. The van der Waals surface area contributed by atoms with Gasteiger partial charge in [0.2, 0.25) is 0 Å². The van der Waals surface area contributed by atoms with E-state index in [2.05, 4.69) is 52.2 Å². The molecule has 0 atom stereocenters. The highest BCUT2D eigenvalue weighted by Gasteiger charge is 2.04. The fourth-order valence-corrected chi connectivity index (χ4v) is 2.45. The van der Waals surface area contributed by atoms with Crippen LogP contribution in [-0.4, -0.2) is 0 Å². The fourth-order valence-electron chi connectivity index (χ4n) is 2.09. The smallest absolute Gasteiger partial charge is 0.129 e. The molecule has 1 nitrogen and oxygen atoms in total. The molecule has 0 aromatic heterocycles. The summed E-state index contributed by atoms with van der Waals surface area (Å²) in [6, 6.07) is 12.3. The van der Waals surface area contributed by atoms with E-state index in [0.29, 0.717) is 11.1 Å². The molecule has 0 aliphatic rings. The van der Waals surface area contributed by atoms with E-state index >= 15 is 0 Å². The van der Waals surface area contributed by atoms with Crippen LogP contribution in [0.25, 0.3) is 0 Å². The molecule has 2 rings (SSSR count). The Morgan fingerprint density at radius 1 is 0.947 bits per heavy atom. The maximum absolute atomic E-state index is 13.5. The van der Waals surface area contributed by atoms with Gasteiger partial charge in [-0.3, -0.25) is 0 Å². The van der Waals surface area contributed by atoms with Gasteiger partial charge in [-0.2, -0.15) is 0 Å². The molecule has 2 aromatic rings. The molecule has 0 unspecified atom stereocenters. The average molecular weight is 369 g/mol. The van der Waals surface area contributed by atoms with Crippen molar-refractivity contribution >= 4 is 22.6 Å². The Hall–Kier alpha value is -0.940. The summed E-state index contributed by atoms with van der Waals surface area (Å²) in [5, 5.41) is 3.39. The van der Waals surface area contributed by atoms with E-state index in [1.54, 1.807) is 0 Å². The molecule has 0 bridgehead atoms. The molecule has 0 fully saturated rings. The third-order valence-corrected chi connectivity index (χ3v) is 3.79. The van der Waals surface area contributed by atoms with E-state index in [1.165, 1.54) is 9.13 Å². The second kappa shape index (κ2) is 6.48. The summed E-state index contributed by atoms with van der Waals surface area (Å²) in [4.78, 5) is 0. The summed E-state index contributed by atoms with van der Waals surface area (Å²) in [6.45, 7) is 5.20. The summed E-state index contributed by atoms with van der Waals surface area (Å²) < 4.78 is 14.8. The van der Waals surface area contributed by atoms with Gasteiger partial charge in [0, 0.05) is 16.7 Å². The Morgan fingerprint density at radius 3 is 2.05 bits per heavy atom. The lowest BCUT2D eigenvalue weighted by molar-refractivity contribution is 0.606. The first-order valence-electron chi connectivity index (χ1n) is 6.27. The number of hydrogen-bond donors (Lipinski definition) is 1. The molecular formula is C16H17FIN. The van der Waals surface area contributed by atoms with E-state index in [9.17, 15) is 4.39 Å². The molecule has 0 amide bonds. The fraction of sp³-hybridized carbons (Fsp3) is 0.250. The highest BCUT2D eigenvalue weighted by atomic mass is 127. The normalized spacial score (nSPS) is 10.7. The van der Waals surface area contributed by atoms with Crippen LogP contribution < -0.4 is 5.32 Å². The van der Waals surface area contributed by atoms with Gasteiger partial charge in [0.15, 0.2) is 0 Å². The first kappa shape index (κ1) is 14.5. The van der Waals surface area contributed by atoms with Crippen LogP contribution in [0.1, 0.15) is 22.3 Å². The third-order valence-electron chi connectivity index (χ3n) is 3.07. The van der Waals surface area contributed by atoms with Crippen molar-refractivity contribution in [2.75, 3.05) is 0 Å². The van der Waals surface area contributed by atoms with Crippen LogP contribution in [0.3, 0.4) is 0 Å². The predicted octanol–water partition coefficient (Wildman–Crippen LogP) is 4.34. The van der Waals surface area contributed by atoms with Gasteiger partial charge >= 0.3 is 0 Å². The lowest BCUT2D eigenvalue weighted by Crippen LogP contribution is -2.13. The topological polar surface area (TPSA) is 12.0 Å². The van der Waals surface area contributed by atoms with Gasteiger partial charge in [0.25, 0.3) is 0 Å². The zero-order valence-corrected chi connectivity index (χ0v) is 13.3. The predicted molar refractivity (Wildman–Crippen MR) is 85.6 cm³/mol. The minimum atomic E-state index is -0.0959. The molecule has 0 radical (unpaired) electrons. The van der Waals surface area contributed by atoms with Gasteiger partial charge in [-0.25, -0.2) is 4.39 Å². The summed E-state index contributed by atoms with van der Waals surface area (Å²) in [6.07, 6.45) is 0. The zero-order valence-electron chi connectivity index (χ0n) is 11.1. The van der Waals surface area contributed by atoms with E-state index in [1.807, 2.05) is 26.0 Å². The maximum Gasteiger partial charge on any atom is 0.129 e. The molecular weight excluding hydrogens is 352 g/mol. The highest BCUT2D eigenvalue weighted by Crippen LogP contribution is 2.14. The Bertz CT molecular complexity index is 540. The minimum absolute atomic E-state index is 0.0959. The van der Waals surface area contributed by atoms with Gasteiger partial charge < -0.3 is 5.32 Å². The van der Waals surface area contributed by atoms with Crippen molar-refractivity contribution < 1.29 is 4.39 Å². The van der Waals surface area contributed by atoms with Crippen LogP contribution in [0.5, 0.6) is 0 Å². The summed E-state index contributed by atoms with van der Waals surface area (Å²) >= 11 is 2.30. The maximum atomic E-state index is 13.5. The van der Waals surface area contributed by atoms with Crippen LogP contribution in [0.4, 0.5) is 4.39 Å². The van der Waals surface area contributed by atoms with Crippen LogP contribution in [-0.2, 0) is 13.1 Å². The molecule has 0 aliphatic heterocycles. The second-order valence-electron chi connectivity index (χ2n) is 4.77. The number of nitrogens with one attached hydrogen (secondary N) is 1. The van der Waals surface area contributed by atoms with Gasteiger partial charge in [0.05, 0.1) is 0 Å². The van der Waals surface area contributed by atoms with E-state index in [4.69, 9.17) is 0 Å². The van der Waals surface area contributed by atoms with Gasteiger partial charge in [-0.05, 0) is 70.8 Å². The Kier molecular flexibility index (Phi) is 4.93. The molecule has 2 aromatic carbocycles. The van der Waals surface area contributed by atoms with E-state index < -0.39 is 0 Å². The molecule has 0 saturated carbocycles. The third kappa shape index (κ3) is 4.01. The van der Waals surface area contributed by atoms with Gasteiger partial charge in [-0.15, -0.1) is 0 Å². The molecule has 0 saturated heterocycles. The van der Waals surface area contributed by atoms with Crippen LogP contribution in [0.15, 0.2) is 36.4 Å². The quantitative estimate of drug-likeness (QED) is 0.791. The SMILES string of the molecule is Cc1cc(CNCc2ccc(I)cc2)cc(C)c1F. The number of halogens is 2. The number of aryl methyl sites for hydroxylation is 2. The standard InChI is InChI=1S/C16H17FIN/c1-11-7-14(8-12(2)16(11)17)10-19-9-13-3-5-15(18)6-4-13/h3-8,19H,9-10H2,1-2H3. The lowest BCUT2D eigenvalue weighted by atomic mass is 10.1. The van der Waals surface area contributed by atoms with Gasteiger partial charge in [0.1, 0.15) is 5.82 Å². The van der Waals surface area contributed by atoms with Crippen molar-refractivity contribution in [1.82, 2.24) is 5.32 Å². The Morgan fingerprint density at radius 2 is 1.47 bits per heavy atom. The van der Waals surface area contributed by atoms with E-state index in [-0.39, 0.29) is 5.82 Å². The van der Waals surface area contributed by atoms with Crippen LogP contribution in [0, 0.1) is 23.2 Å². The summed E-state index contributed by atoms with van der Waals surface area (Å²) in [7, 11) is 0. The van der Waals surface area contributed by atoms with Crippen LogP contribution >= 0.6 is 22.6 Å². The minimum Gasteiger partial charge on any atom is -0.309 e. The van der Waals surface area contributed by atoms with Crippen LogP contribution in [0.2, 0.25) is 0 Å². The molecule has 0 aliphatic carbocycles.